The number of carboxylic acid groups (broad SMARTS) is 1. The average molecular weight is 299 g/mol. The number of hydrogen-bond donors (Lipinski definition) is 1. The number of aromatic carboxylic acids is 1. The largest absolute Gasteiger partial charge is 0.476 e. The van der Waals surface area contributed by atoms with E-state index < -0.39 is 5.97 Å². The first-order valence-corrected chi connectivity index (χ1v) is 7.16. The second-order valence-corrected chi connectivity index (χ2v) is 5.43. The van der Waals surface area contributed by atoms with Gasteiger partial charge < -0.3 is 10.0 Å². The Labute approximate surface area is 128 Å². The van der Waals surface area contributed by atoms with Crippen LogP contribution in [0.1, 0.15) is 27.3 Å². The second-order valence-electron chi connectivity index (χ2n) is 5.43. The Hall–Kier alpha value is -2.63. The third-order valence-electron chi connectivity index (χ3n) is 4.00. The van der Waals surface area contributed by atoms with E-state index >= 15 is 0 Å². The predicted octanol–water partition coefficient (Wildman–Crippen LogP) is 1.25. The van der Waals surface area contributed by atoms with E-state index in [1.807, 2.05) is 30.3 Å². The molecule has 2 heterocycles. The number of nitrogens with zero attached hydrogens (tertiary/aromatic N) is 3. The summed E-state index contributed by atoms with van der Waals surface area (Å²) in [6, 6.07) is 9.61. The summed E-state index contributed by atoms with van der Waals surface area (Å²) >= 11 is 0. The molecule has 2 aromatic rings. The van der Waals surface area contributed by atoms with Gasteiger partial charge in [0.2, 0.25) is 5.91 Å². The number of benzene rings is 1. The van der Waals surface area contributed by atoms with E-state index in [1.165, 1.54) is 0 Å². The van der Waals surface area contributed by atoms with E-state index in [-0.39, 0.29) is 11.6 Å². The Kier molecular flexibility index (Phi) is 3.66. The number of hydrogen-bond acceptors (Lipinski definition) is 3. The zero-order valence-corrected chi connectivity index (χ0v) is 12.3. The molecule has 6 heteroatoms. The first kappa shape index (κ1) is 14.3. The fraction of sp³-hybridized carbons (Fsp3) is 0.312. The van der Waals surface area contributed by atoms with Gasteiger partial charge in [0, 0.05) is 19.2 Å². The van der Waals surface area contributed by atoms with Crippen molar-refractivity contribution in [3.8, 4) is 0 Å². The lowest BCUT2D eigenvalue weighted by Crippen LogP contribution is -2.37. The van der Waals surface area contributed by atoms with Gasteiger partial charge in [0.1, 0.15) is 0 Å². The maximum atomic E-state index is 12.4. The molecule has 3 rings (SSSR count). The van der Waals surface area contributed by atoms with Gasteiger partial charge in [0.15, 0.2) is 5.69 Å². The van der Waals surface area contributed by atoms with Gasteiger partial charge in [0.05, 0.1) is 18.7 Å². The molecule has 0 unspecified atom stereocenters. The van der Waals surface area contributed by atoms with Crippen molar-refractivity contribution in [3.63, 3.8) is 0 Å². The zero-order valence-electron chi connectivity index (χ0n) is 12.3. The molecule has 0 bridgehead atoms. The fourth-order valence-corrected chi connectivity index (χ4v) is 2.84. The van der Waals surface area contributed by atoms with Crippen LogP contribution in [0.2, 0.25) is 0 Å². The molecule has 0 radical (unpaired) electrons. The van der Waals surface area contributed by atoms with Gasteiger partial charge in [-0.15, -0.1) is 0 Å². The minimum Gasteiger partial charge on any atom is -0.476 e. The third-order valence-corrected chi connectivity index (χ3v) is 4.00. The lowest BCUT2D eigenvalue weighted by atomic mass is 10.0. The minimum absolute atomic E-state index is 0.0509. The lowest BCUT2D eigenvalue weighted by molar-refractivity contribution is -0.131. The van der Waals surface area contributed by atoms with E-state index in [1.54, 1.807) is 16.6 Å². The maximum Gasteiger partial charge on any atom is 0.356 e. The summed E-state index contributed by atoms with van der Waals surface area (Å²) in [6.45, 7) is 0.947. The first-order chi connectivity index (χ1) is 10.6. The van der Waals surface area contributed by atoms with Gasteiger partial charge >= 0.3 is 5.97 Å². The van der Waals surface area contributed by atoms with Gasteiger partial charge in [-0.25, -0.2) is 4.79 Å². The summed E-state index contributed by atoms with van der Waals surface area (Å²) in [5, 5.41) is 13.2. The zero-order chi connectivity index (χ0) is 15.7. The van der Waals surface area contributed by atoms with Gasteiger partial charge in [-0.3, -0.25) is 9.48 Å². The molecule has 1 aliphatic heterocycles. The SMILES string of the molecule is Cn1nc(C(=O)O)c2c1CN(C(=O)Cc1ccccc1)CC2. The highest BCUT2D eigenvalue weighted by Crippen LogP contribution is 2.22. The summed E-state index contributed by atoms with van der Waals surface area (Å²) < 4.78 is 1.57. The highest BCUT2D eigenvalue weighted by Gasteiger charge is 2.28. The number of aryl methyl sites for hydroxylation is 1. The van der Waals surface area contributed by atoms with Crippen molar-refractivity contribution in [2.24, 2.45) is 7.05 Å². The minimum atomic E-state index is -1.01. The Balaban J connectivity index is 1.77. The van der Waals surface area contributed by atoms with E-state index in [4.69, 9.17) is 5.11 Å². The molecular formula is C16H17N3O3. The Morgan fingerprint density at radius 2 is 2.00 bits per heavy atom. The van der Waals surface area contributed by atoms with Gasteiger partial charge in [-0.1, -0.05) is 30.3 Å². The summed E-state index contributed by atoms with van der Waals surface area (Å²) in [5.74, 6) is -0.962. The molecule has 1 aromatic carbocycles. The molecule has 0 saturated carbocycles. The van der Waals surface area contributed by atoms with Crippen LogP contribution < -0.4 is 0 Å². The molecule has 1 aromatic heterocycles. The summed E-state index contributed by atoms with van der Waals surface area (Å²) in [4.78, 5) is 25.4. The molecule has 6 nitrogen and oxygen atoms in total. The van der Waals surface area contributed by atoms with Crippen LogP contribution in [-0.2, 0) is 31.2 Å². The first-order valence-electron chi connectivity index (χ1n) is 7.16. The number of amides is 1. The number of rotatable bonds is 3. The molecule has 1 amide bonds. The number of carbonyl (C=O) groups is 2. The number of carbonyl (C=O) groups excluding carboxylic acids is 1. The Bertz CT molecular complexity index is 722. The normalized spacial score (nSPS) is 13.8. The van der Waals surface area contributed by atoms with Crippen molar-refractivity contribution >= 4 is 11.9 Å². The monoisotopic (exact) mass is 299 g/mol. The van der Waals surface area contributed by atoms with E-state index in [2.05, 4.69) is 5.10 Å². The van der Waals surface area contributed by atoms with Crippen LogP contribution >= 0.6 is 0 Å². The van der Waals surface area contributed by atoms with Crippen molar-refractivity contribution in [2.45, 2.75) is 19.4 Å². The maximum absolute atomic E-state index is 12.4. The molecule has 1 N–H and O–H groups in total. The molecule has 0 fully saturated rings. The van der Waals surface area contributed by atoms with E-state index in [0.717, 1.165) is 16.8 Å². The van der Waals surface area contributed by atoms with E-state index in [9.17, 15) is 9.59 Å². The standard InChI is InChI=1S/C16H17N3O3/c1-18-13-10-19(8-7-12(13)15(17-18)16(21)22)14(20)9-11-5-3-2-4-6-11/h2-6H,7-10H2,1H3,(H,21,22). The van der Waals surface area contributed by atoms with Crippen LogP contribution in [0.15, 0.2) is 30.3 Å². The van der Waals surface area contributed by atoms with Crippen molar-refractivity contribution in [1.82, 2.24) is 14.7 Å². The Morgan fingerprint density at radius 1 is 1.27 bits per heavy atom. The summed E-state index contributed by atoms with van der Waals surface area (Å²) in [7, 11) is 1.72. The van der Waals surface area contributed by atoms with Gasteiger partial charge in [-0.2, -0.15) is 5.10 Å². The van der Waals surface area contributed by atoms with Crippen LogP contribution in [0, 0.1) is 0 Å². The van der Waals surface area contributed by atoms with Crippen LogP contribution in [0.3, 0.4) is 0 Å². The van der Waals surface area contributed by atoms with Crippen LogP contribution in [-0.4, -0.2) is 38.2 Å². The van der Waals surface area contributed by atoms with Crippen molar-refractivity contribution < 1.29 is 14.7 Å². The molecular weight excluding hydrogens is 282 g/mol. The average Bonchev–Trinajstić information content (AvgIpc) is 2.85. The lowest BCUT2D eigenvalue weighted by Gasteiger charge is -2.27. The van der Waals surface area contributed by atoms with Gasteiger partial charge in [-0.05, 0) is 12.0 Å². The van der Waals surface area contributed by atoms with Crippen molar-refractivity contribution in [2.75, 3.05) is 6.54 Å². The smallest absolute Gasteiger partial charge is 0.356 e. The number of fused-ring (bicyclic) bond motifs is 1. The van der Waals surface area contributed by atoms with Crippen LogP contribution in [0.25, 0.3) is 0 Å². The Morgan fingerprint density at radius 3 is 2.68 bits per heavy atom. The van der Waals surface area contributed by atoms with E-state index in [0.29, 0.717) is 25.9 Å². The third kappa shape index (κ3) is 2.59. The molecule has 0 saturated heterocycles. The fourth-order valence-electron chi connectivity index (χ4n) is 2.84. The number of aromatic nitrogens is 2. The predicted molar refractivity (Wildman–Crippen MR) is 79.4 cm³/mol. The molecule has 0 aliphatic carbocycles. The summed E-state index contributed by atoms with van der Waals surface area (Å²) in [6.07, 6.45) is 0.894. The molecule has 114 valence electrons. The molecule has 0 atom stereocenters. The molecule has 1 aliphatic rings. The van der Waals surface area contributed by atoms with Crippen LogP contribution in [0.5, 0.6) is 0 Å². The second kappa shape index (κ2) is 5.63. The highest BCUT2D eigenvalue weighted by molar-refractivity contribution is 5.87. The van der Waals surface area contributed by atoms with Gasteiger partial charge in [0.25, 0.3) is 0 Å². The quantitative estimate of drug-likeness (QED) is 0.925. The highest BCUT2D eigenvalue weighted by atomic mass is 16.4. The van der Waals surface area contributed by atoms with Crippen molar-refractivity contribution in [1.29, 1.82) is 0 Å². The van der Waals surface area contributed by atoms with Crippen molar-refractivity contribution in [3.05, 3.63) is 52.8 Å². The molecule has 0 spiro atoms. The summed E-state index contributed by atoms with van der Waals surface area (Å²) in [5.41, 5.74) is 2.64. The number of carboxylic acids is 1. The molecule has 22 heavy (non-hydrogen) atoms. The topological polar surface area (TPSA) is 75.4 Å². The van der Waals surface area contributed by atoms with Crippen LogP contribution in [0.4, 0.5) is 0 Å².